The zero-order valence-electron chi connectivity index (χ0n) is 22.8. The van der Waals surface area contributed by atoms with Gasteiger partial charge in [0.25, 0.3) is 0 Å². The fraction of sp³-hybridized carbons (Fsp3) is 0.290. The molecule has 2 unspecified atom stereocenters. The third-order valence-electron chi connectivity index (χ3n) is 5.26. The van der Waals surface area contributed by atoms with Gasteiger partial charge >= 0.3 is 23.9 Å². The SMILES string of the molecule is CC(=O)OC1CCC(COC(=O)c2ccccc2)O1.CCOC(=O)c1ccccc1.COC(=O)c1ccccc1. The van der Waals surface area contributed by atoms with Crippen LogP contribution < -0.4 is 0 Å². The van der Waals surface area contributed by atoms with Gasteiger partial charge in [0.1, 0.15) is 6.61 Å². The third kappa shape index (κ3) is 11.9. The monoisotopic (exact) mass is 550 g/mol. The summed E-state index contributed by atoms with van der Waals surface area (Å²) in [6, 6.07) is 26.6. The zero-order chi connectivity index (χ0) is 29.2. The summed E-state index contributed by atoms with van der Waals surface area (Å²) in [6.45, 7) is 3.73. The van der Waals surface area contributed by atoms with Crippen LogP contribution in [0.15, 0.2) is 91.0 Å². The van der Waals surface area contributed by atoms with E-state index in [1.807, 2.05) is 30.3 Å². The summed E-state index contributed by atoms with van der Waals surface area (Å²) < 4.78 is 24.8. The average Bonchev–Trinajstić information content (AvgIpc) is 3.44. The second-order valence-electron chi connectivity index (χ2n) is 8.28. The highest BCUT2D eigenvalue weighted by Crippen LogP contribution is 2.21. The van der Waals surface area contributed by atoms with Crippen LogP contribution in [0.25, 0.3) is 0 Å². The maximum absolute atomic E-state index is 11.7. The van der Waals surface area contributed by atoms with Crippen molar-refractivity contribution in [2.24, 2.45) is 0 Å². The predicted octanol–water partition coefficient (Wildman–Crippen LogP) is 5.25. The van der Waals surface area contributed by atoms with Gasteiger partial charge in [0.05, 0.1) is 36.5 Å². The van der Waals surface area contributed by atoms with Crippen LogP contribution in [0.2, 0.25) is 0 Å². The molecule has 1 aliphatic rings. The number of esters is 4. The molecule has 1 heterocycles. The van der Waals surface area contributed by atoms with Gasteiger partial charge in [-0.25, -0.2) is 14.4 Å². The van der Waals surface area contributed by atoms with Crippen molar-refractivity contribution in [2.45, 2.75) is 39.1 Å². The van der Waals surface area contributed by atoms with Crippen molar-refractivity contribution in [3.05, 3.63) is 108 Å². The van der Waals surface area contributed by atoms with Crippen molar-refractivity contribution in [3.8, 4) is 0 Å². The van der Waals surface area contributed by atoms with E-state index in [0.29, 0.717) is 36.1 Å². The van der Waals surface area contributed by atoms with E-state index in [-0.39, 0.29) is 36.6 Å². The van der Waals surface area contributed by atoms with Gasteiger partial charge in [0.15, 0.2) is 0 Å². The van der Waals surface area contributed by atoms with Crippen LogP contribution in [0, 0.1) is 0 Å². The molecule has 40 heavy (non-hydrogen) atoms. The summed E-state index contributed by atoms with van der Waals surface area (Å²) in [7, 11) is 1.37. The normalized spacial score (nSPS) is 15.2. The van der Waals surface area contributed by atoms with Crippen LogP contribution >= 0.6 is 0 Å². The first-order valence-electron chi connectivity index (χ1n) is 12.7. The van der Waals surface area contributed by atoms with Crippen LogP contribution in [0.5, 0.6) is 0 Å². The van der Waals surface area contributed by atoms with E-state index in [9.17, 15) is 19.2 Å². The molecule has 0 saturated carbocycles. The lowest BCUT2D eigenvalue weighted by Gasteiger charge is -2.13. The molecule has 9 nitrogen and oxygen atoms in total. The minimum absolute atomic E-state index is 0.172. The summed E-state index contributed by atoms with van der Waals surface area (Å²) >= 11 is 0. The summed E-state index contributed by atoms with van der Waals surface area (Å²) in [4.78, 5) is 44.3. The molecule has 4 rings (SSSR count). The number of hydrogen-bond acceptors (Lipinski definition) is 9. The lowest BCUT2D eigenvalue weighted by Crippen LogP contribution is -2.21. The predicted molar refractivity (Wildman–Crippen MR) is 147 cm³/mol. The van der Waals surface area contributed by atoms with Gasteiger partial charge in [-0.3, -0.25) is 4.79 Å². The highest BCUT2D eigenvalue weighted by atomic mass is 16.7. The average molecular weight is 551 g/mol. The Bertz CT molecular complexity index is 1180. The Kier molecular flexibility index (Phi) is 14.2. The quantitative estimate of drug-likeness (QED) is 0.287. The number of rotatable bonds is 7. The van der Waals surface area contributed by atoms with E-state index < -0.39 is 6.29 Å². The van der Waals surface area contributed by atoms with Crippen molar-refractivity contribution < 1.29 is 42.9 Å². The second-order valence-corrected chi connectivity index (χ2v) is 8.28. The Morgan fingerprint density at radius 1 is 0.700 bits per heavy atom. The van der Waals surface area contributed by atoms with Gasteiger partial charge in [-0.1, -0.05) is 54.6 Å². The van der Waals surface area contributed by atoms with E-state index in [0.717, 1.165) is 0 Å². The van der Waals surface area contributed by atoms with Crippen molar-refractivity contribution >= 4 is 23.9 Å². The van der Waals surface area contributed by atoms with Gasteiger partial charge in [-0.05, 0) is 49.7 Å². The first kappa shape index (κ1) is 31.7. The topological polar surface area (TPSA) is 114 Å². The molecular formula is C31H34O9. The molecular weight excluding hydrogens is 516 g/mol. The van der Waals surface area contributed by atoms with Crippen molar-refractivity contribution in [2.75, 3.05) is 20.3 Å². The number of carbonyl (C=O) groups excluding carboxylic acids is 4. The van der Waals surface area contributed by atoms with Gasteiger partial charge in [0, 0.05) is 13.3 Å². The molecule has 0 aromatic heterocycles. The van der Waals surface area contributed by atoms with E-state index in [4.69, 9.17) is 18.9 Å². The number of hydrogen-bond donors (Lipinski definition) is 0. The minimum atomic E-state index is -0.516. The molecule has 0 N–H and O–H groups in total. The van der Waals surface area contributed by atoms with Crippen molar-refractivity contribution in [1.82, 2.24) is 0 Å². The molecule has 0 bridgehead atoms. The highest BCUT2D eigenvalue weighted by molar-refractivity contribution is 5.90. The number of carbonyl (C=O) groups is 4. The number of methoxy groups -OCH3 is 1. The molecule has 9 heteroatoms. The lowest BCUT2D eigenvalue weighted by atomic mass is 10.2. The number of ether oxygens (including phenoxy) is 5. The highest BCUT2D eigenvalue weighted by Gasteiger charge is 2.28. The van der Waals surface area contributed by atoms with E-state index in [1.54, 1.807) is 67.6 Å². The van der Waals surface area contributed by atoms with Crippen molar-refractivity contribution in [3.63, 3.8) is 0 Å². The molecule has 212 valence electrons. The Morgan fingerprint density at radius 2 is 1.15 bits per heavy atom. The largest absolute Gasteiger partial charge is 0.465 e. The molecule has 3 aromatic carbocycles. The van der Waals surface area contributed by atoms with Crippen LogP contribution in [0.4, 0.5) is 0 Å². The summed E-state index contributed by atoms with van der Waals surface area (Å²) in [5.74, 6) is -1.29. The van der Waals surface area contributed by atoms with Crippen molar-refractivity contribution in [1.29, 1.82) is 0 Å². The molecule has 0 spiro atoms. The fourth-order valence-corrected chi connectivity index (χ4v) is 3.37. The Balaban J connectivity index is 0.000000228. The number of benzene rings is 3. The van der Waals surface area contributed by atoms with Crippen LogP contribution in [0.3, 0.4) is 0 Å². The Hall–Kier alpha value is -4.50. The van der Waals surface area contributed by atoms with Crippen LogP contribution in [0.1, 0.15) is 57.8 Å². The standard InChI is InChI=1S/C14H16O5.C9H10O2.C8H8O2/c1-10(15)18-13-8-7-12(19-13)9-17-14(16)11-5-3-2-4-6-11;1-2-11-9(10)8-6-4-3-5-7-8;1-10-8(9)7-5-3-2-4-6-7/h2-6,12-13H,7-9H2,1H3;3-7H,2H2,1H3;2-6H,1H3. The molecule has 1 fully saturated rings. The maximum atomic E-state index is 11.7. The molecule has 2 atom stereocenters. The lowest BCUT2D eigenvalue weighted by molar-refractivity contribution is -0.174. The van der Waals surface area contributed by atoms with Gasteiger partial charge in [0.2, 0.25) is 6.29 Å². The minimum Gasteiger partial charge on any atom is -0.465 e. The second kappa shape index (κ2) is 17.9. The Labute approximate surface area is 234 Å². The zero-order valence-corrected chi connectivity index (χ0v) is 22.8. The van der Waals surface area contributed by atoms with Gasteiger partial charge in [-0.2, -0.15) is 0 Å². The molecule has 0 aliphatic carbocycles. The fourth-order valence-electron chi connectivity index (χ4n) is 3.37. The summed E-state index contributed by atoms with van der Waals surface area (Å²) in [5.41, 5.74) is 1.70. The van der Waals surface area contributed by atoms with Gasteiger partial charge in [-0.15, -0.1) is 0 Å². The Morgan fingerprint density at radius 3 is 1.57 bits per heavy atom. The molecule has 0 amide bonds. The van der Waals surface area contributed by atoms with E-state index >= 15 is 0 Å². The first-order chi connectivity index (χ1) is 19.3. The van der Waals surface area contributed by atoms with Gasteiger partial charge < -0.3 is 23.7 Å². The van der Waals surface area contributed by atoms with E-state index in [2.05, 4.69) is 4.74 Å². The molecule has 0 radical (unpaired) electrons. The van der Waals surface area contributed by atoms with Crippen LogP contribution in [-0.2, 0) is 28.5 Å². The summed E-state index contributed by atoms with van der Waals surface area (Å²) in [6.07, 6.45) is 0.614. The molecule has 1 saturated heterocycles. The van der Waals surface area contributed by atoms with E-state index in [1.165, 1.54) is 14.0 Å². The maximum Gasteiger partial charge on any atom is 0.338 e. The summed E-state index contributed by atoms with van der Waals surface area (Å²) in [5, 5.41) is 0. The molecule has 1 aliphatic heterocycles. The third-order valence-corrected chi connectivity index (χ3v) is 5.26. The first-order valence-corrected chi connectivity index (χ1v) is 12.7. The molecule has 3 aromatic rings. The van der Waals surface area contributed by atoms with Crippen LogP contribution in [-0.4, -0.2) is 56.6 Å². The smallest absolute Gasteiger partial charge is 0.338 e.